The molecule has 0 aromatic carbocycles. The molecule has 0 unspecified atom stereocenters. The van der Waals surface area contributed by atoms with Crippen LogP contribution in [0.25, 0.3) is 10.4 Å². The van der Waals surface area contributed by atoms with Crippen molar-refractivity contribution in [3.63, 3.8) is 0 Å². The van der Waals surface area contributed by atoms with Gasteiger partial charge in [-0.25, -0.2) is 0 Å². The molecule has 1 heterocycles. The van der Waals surface area contributed by atoms with E-state index in [9.17, 15) is 14.4 Å². The zero-order valence-corrected chi connectivity index (χ0v) is 13.6. The first-order valence-electron chi connectivity index (χ1n) is 7.10. The second-order valence-corrected chi connectivity index (χ2v) is 5.01. The van der Waals surface area contributed by atoms with Crippen LogP contribution >= 0.6 is 0 Å². The van der Waals surface area contributed by atoms with E-state index in [2.05, 4.69) is 16.6 Å². The third-order valence-electron chi connectivity index (χ3n) is 3.13. The highest BCUT2D eigenvalue weighted by molar-refractivity contribution is 5.68. The van der Waals surface area contributed by atoms with Crippen LogP contribution in [0.5, 0.6) is 0 Å². The summed E-state index contributed by atoms with van der Waals surface area (Å²) >= 11 is 0. The number of carbonyl (C=O) groups is 3. The first kappa shape index (κ1) is 19.5. The highest BCUT2D eigenvalue weighted by atomic mass is 16.6. The van der Waals surface area contributed by atoms with Gasteiger partial charge in [-0.15, -0.1) is 6.58 Å². The van der Waals surface area contributed by atoms with E-state index in [1.54, 1.807) is 0 Å². The molecule has 1 fully saturated rings. The van der Waals surface area contributed by atoms with Crippen LogP contribution < -0.4 is 0 Å². The molecule has 0 amide bonds. The minimum atomic E-state index is -1.13. The van der Waals surface area contributed by atoms with Crippen molar-refractivity contribution >= 4 is 17.9 Å². The molecule has 10 heteroatoms. The van der Waals surface area contributed by atoms with Gasteiger partial charge in [-0.3, -0.25) is 14.4 Å². The molecule has 1 aliphatic rings. The van der Waals surface area contributed by atoms with Gasteiger partial charge in [0.05, 0.1) is 6.54 Å². The molecule has 0 saturated carbocycles. The molecule has 0 aromatic heterocycles. The van der Waals surface area contributed by atoms with E-state index in [1.165, 1.54) is 13.0 Å². The molecule has 0 radical (unpaired) electrons. The Morgan fingerprint density at radius 3 is 2.04 bits per heavy atom. The van der Waals surface area contributed by atoms with Crippen LogP contribution in [0.2, 0.25) is 0 Å². The van der Waals surface area contributed by atoms with E-state index in [0.29, 0.717) is 0 Å². The summed E-state index contributed by atoms with van der Waals surface area (Å²) in [7, 11) is 0. The smallest absolute Gasteiger partial charge is 0.303 e. The van der Waals surface area contributed by atoms with Crippen LogP contribution in [-0.4, -0.2) is 55.0 Å². The maximum atomic E-state index is 11.4. The lowest BCUT2D eigenvalue weighted by molar-refractivity contribution is -0.236. The van der Waals surface area contributed by atoms with Crippen LogP contribution in [0, 0.1) is 0 Å². The van der Waals surface area contributed by atoms with Crippen molar-refractivity contribution in [1.29, 1.82) is 0 Å². The molecule has 1 rings (SSSR count). The molecule has 0 aromatic rings. The van der Waals surface area contributed by atoms with E-state index in [-0.39, 0.29) is 6.54 Å². The van der Waals surface area contributed by atoms with Gasteiger partial charge in [-0.05, 0) is 5.53 Å². The summed E-state index contributed by atoms with van der Waals surface area (Å²) in [5.74, 6) is -1.96. The minimum Gasteiger partial charge on any atom is -0.456 e. The number of nitrogens with zero attached hydrogens (tertiary/aromatic N) is 3. The third-order valence-corrected chi connectivity index (χ3v) is 3.13. The number of rotatable bonds is 6. The predicted molar refractivity (Wildman–Crippen MR) is 79.5 cm³/mol. The number of esters is 3. The lowest BCUT2D eigenvalue weighted by atomic mass is 9.94. The van der Waals surface area contributed by atoms with E-state index in [1.807, 2.05) is 0 Å². The zero-order valence-electron chi connectivity index (χ0n) is 13.6. The van der Waals surface area contributed by atoms with Gasteiger partial charge in [0.15, 0.2) is 18.3 Å². The fourth-order valence-corrected chi connectivity index (χ4v) is 2.38. The third kappa shape index (κ3) is 5.25. The summed E-state index contributed by atoms with van der Waals surface area (Å²) in [5, 5.41) is 3.40. The first-order valence-corrected chi connectivity index (χ1v) is 7.10. The first-order chi connectivity index (χ1) is 11.3. The van der Waals surface area contributed by atoms with E-state index in [0.717, 1.165) is 13.8 Å². The van der Waals surface area contributed by atoms with Crippen LogP contribution in [0.1, 0.15) is 20.8 Å². The Labute approximate surface area is 138 Å². The van der Waals surface area contributed by atoms with Crippen molar-refractivity contribution in [3.05, 3.63) is 23.1 Å². The molecule has 10 nitrogen and oxygen atoms in total. The molecule has 1 saturated heterocycles. The monoisotopic (exact) mass is 341 g/mol. The van der Waals surface area contributed by atoms with E-state index >= 15 is 0 Å². The van der Waals surface area contributed by atoms with Crippen LogP contribution in [-0.2, 0) is 33.3 Å². The summed E-state index contributed by atoms with van der Waals surface area (Å²) in [5.41, 5.74) is 8.49. The van der Waals surface area contributed by atoms with Crippen molar-refractivity contribution in [1.82, 2.24) is 0 Å². The number of hydrogen-bond donors (Lipinski definition) is 0. The topological polar surface area (TPSA) is 137 Å². The average molecular weight is 341 g/mol. The lowest BCUT2D eigenvalue weighted by Gasteiger charge is -2.43. The second kappa shape index (κ2) is 8.90. The van der Waals surface area contributed by atoms with Gasteiger partial charge >= 0.3 is 17.9 Å². The van der Waals surface area contributed by atoms with Gasteiger partial charge in [0.2, 0.25) is 0 Å². The molecule has 0 N–H and O–H groups in total. The highest BCUT2D eigenvalue weighted by Gasteiger charge is 2.50. The lowest BCUT2D eigenvalue weighted by Crippen LogP contribution is -2.61. The summed E-state index contributed by atoms with van der Waals surface area (Å²) < 4.78 is 21.2. The van der Waals surface area contributed by atoms with E-state index < -0.39 is 48.4 Å². The second-order valence-electron chi connectivity index (χ2n) is 5.01. The highest BCUT2D eigenvalue weighted by Crippen LogP contribution is 2.29. The number of carbonyl (C=O) groups excluding carboxylic acids is 3. The largest absolute Gasteiger partial charge is 0.456 e. The van der Waals surface area contributed by atoms with Gasteiger partial charge < -0.3 is 18.9 Å². The van der Waals surface area contributed by atoms with Crippen molar-refractivity contribution in [2.45, 2.75) is 51.3 Å². The minimum absolute atomic E-state index is 0.177. The number of hydrogen-bond acceptors (Lipinski definition) is 8. The maximum absolute atomic E-state index is 11.4. The molecular weight excluding hydrogens is 322 g/mol. The van der Waals surface area contributed by atoms with Gasteiger partial charge in [0, 0.05) is 25.7 Å². The molecule has 132 valence electrons. The Bertz CT molecular complexity index is 559. The SMILES string of the molecule is C=C[C@@H]1O[C@H](CN=[N+]=[N-])[C@@H](OC(C)=O)[C@H](OC(C)=O)[C@H]1OC(C)=O. The fourth-order valence-electron chi connectivity index (χ4n) is 2.38. The summed E-state index contributed by atoms with van der Waals surface area (Å²) in [4.78, 5) is 36.8. The number of ether oxygens (including phenoxy) is 4. The predicted octanol–water partition coefficient (Wildman–Crippen LogP) is 1.05. The fraction of sp³-hybridized carbons (Fsp3) is 0.643. The average Bonchev–Trinajstić information content (AvgIpc) is 2.48. The Hall–Kier alpha value is -2.58. The quantitative estimate of drug-likeness (QED) is 0.176. The molecule has 5 atom stereocenters. The zero-order chi connectivity index (χ0) is 18.3. The maximum Gasteiger partial charge on any atom is 0.303 e. The van der Waals surface area contributed by atoms with Crippen LogP contribution in [0.3, 0.4) is 0 Å². The Morgan fingerprint density at radius 2 is 1.58 bits per heavy atom. The standard InChI is InChI=1S/C14H19N3O7/c1-5-10-12(21-7(2)18)14(23-9(4)20)13(22-8(3)19)11(24-10)6-16-17-15/h5,10-14H,1,6H2,2-4H3/t10-,11+,12-,13+,14+/m0/s1. The molecule has 0 spiro atoms. The van der Waals surface area contributed by atoms with Gasteiger partial charge in [0.1, 0.15) is 12.2 Å². The summed E-state index contributed by atoms with van der Waals surface area (Å²) in [6.45, 7) is 6.92. The Morgan fingerprint density at radius 1 is 1.08 bits per heavy atom. The van der Waals surface area contributed by atoms with E-state index in [4.69, 9.17) is 24.5 Å². The number of azide groups is 1. The van der Waals surface area contributed by atoms with Crippen LogP contribution in [0.15, 0.2) is 17.8 Å². The Kier molecular flexibility index (Phi) is 7.22. The van der Waals surface area contributed by atoms with Crippen molar-refractivity contribution < 1.29 is 33.3 Å². The molecule has 1 aliphatic heterocycles. The normalized spacial score (nSPS) is 28.9. The molecular formula is C14H19N3O7. The summed E-state index contributed by atoms with van der Waals surface area (Å²) in [6, 6.07) is 0. The molecule has 0 aliphatic carbocycles. The summed E-state index contributed by atoms with van der Waals surface area (Å²) in [6.07, 6.45) is -3.69. The molecule has 0 bridgehead atoms. The van der Waals surface area contributed by atoms with Gasteiger partial charge in [-0.1, -0.05) is 11.2 Å². The van der Waals surface area contributed by atoms with Gasteiger partial charge in [0.25, 0.3) is 0 Å². The van der Waals surface area contributed by atoms with Crippen molar-refractivity contribution in [2.24, 2.45) is 5.11 Å². The van der Waals surface area contributed by atoms with Crippen LogP contribution in [0.4, 0.5) is 0 Å². The Balaban J connectivity index is 3.25. The van der Waals surface area contributed by atoms with Crippen molar-refractivity contribution in [2.75, 3.05) is 6.54 Å². The van der Waals surface area contributed by atoms with Gasteiger partial charge in [-0.2, -0.15) is 0 Å². The molecule has 24 heavy (non-hydrogen) atoms. The van der Waals surface area contributed by atoms with Crippen molar-refractivity contribution in [3.8, 4) is 0 Å².